The van der Waals surface area contributed by atoms with Crippen molar-refractivity contribution >= 4 is 11.8 Å². The topological polar surface area (TPSA) is 74.6 Å². The average Bonchev–Trinajstić information content (AvgIpc) is 2.97. The fraction of sp³-hybridized carbons (Fsp3) is 0.727. The number of rotatable bonds is 15. The van der Waals surface area contributed by atoms with E-state index in [-0.39, 0.29) is 24.0 Å². The summed E-state index contributed by atoms with van der Waals surface area (Å²) in [6.45, 7) is 2.20. The van der Waals surface area contributed by atoms with Gasteiger partial charge in [-0.05, 0) is 31.8 Å². The van der Waals surface area contributed by atoms with Crippen LogP contribution in [0, 0.1) is 11.8 Å². The highest BCUT2D eigenvalue weighted by Crippen LogP contribution is 2.29. The number of hydrogen-bond acceptors (Lipinski definition) is 3. The minimum Gasteiger partial charge on any atom is -0.481 e. The highest BCUT2D eigenvalue weighted by Gasteiger charge is 2.33. The summed E-state index contributed by atoms with van der Waals surface area (Å²) in [6, 6.07) is 0. The molecule has 3 atom stereocenters. The molecular formula is C22H36O4. The van der Waals surface area contributed by atoms with Gasteiger partial charge in [-0.15, -0.1) is 0 Å². The van der Waals surface area contributed by atoms with Crippen molar-refractivity contribution < 1.29 is 19.8 Å². The third kappa shape index (κ3) is 9.33. The van der Waals surface area contributed by atoms with Gasteiger partial charge in [0.05, 0.1) is 12.0 Å². The molecule has 1 rings (SSSR count). The smallest absolute Gasteiger partial charge is 0.303 e. The average molecular weight is 365 g/mol. The molecule has 2 N–H and O–H groups in total. The predicted octanol–water partition coefficient (Wildman–Crippen LogP) is 5.06. The van der Waals surface area contributed by atoms with E-state index >= 15 is 0 Å². The van der Waals surface area contributed by atoms with Crippen LogP contribution in [0.25, 0.3) is 0 Å². The van der Waals surface area contributed by atoms with Crippen LogP contribution in [-0.2, 0) is 9.59 Å². The molecule has 0 bridgehead atoms. The zero-order valence-electron chi connectivity index (χ0n) is 16.2. The highest BCUT2D eigenvalue weighted by molar-refractivity contribution is 5.95. The van der Waals surface area contributed by atoms with Crippen molar-refractivity contribution in [1.82, 2.24) is 0 Å². The summed E-state index contributed by atoms with van der Waals surface area (Å²) in [5, 5.41) is 19.1. The number of carboxylic acids is 1. The second-order valence-corrected chi connectivity index (χ2v) is 7.41. The van der Waals surface area contributed by atoms with Gasteiger partial charge < -0.3 is 10.2 Å². The number of unbranched alkanes of at least 4 members (excludes halogenated alkanes) is 8. The van der Waals surface area contributed by atoms with E-state index in [0.29, 0.717) is 12.8 Å². The molecule has 0 heterocycles. The normalized spacial score (nSPS) is 20.9. The van der Waals surface area contributed by atoms with Gasteiger partial charge >= 0.3 is 5.97 Å². The van der Waals surface area contributed by atoms with Gasteiger partial charge in [-0.2, -0.15) is 0 Å². The Morgan fingerprint density at radius 1 is 1.12 bits per heavy atom. The van der Waals surface area contributed by atoms with Crippen molar-refractivity contribution in [3.05, 3.63) is 24.3 Å². The Labute approximate surface area is 158 Å². The SMILES string of the molecule is CCCCCC/C=C/C1C=CC(=O)C1C(O)CCCCCCCC(=O)O. The largest absolute Gasteiger partial charge is 0.481 e. The lowest BCUT2D eigenvalue weighted by Gasteiger charge is -2.21. The predicted molar refractivity (Wildman–Crippen MR) is 105 cm³/mol. The zero-order chi connectivity index (χ0) is 19.2. The van der Waals surface area contributed by atoms with Crippen LogP contribution >= 0.6 is 0 Å². The Hall–Kier alpha value is -1.42. The van der Waals surface area contributed by atoms with Crippen molar-refractivity contribution in [1.29, 1.82) is 0 Å². The van der Waals surface area contributed by atoms with Gasteiger partial charge in [-0.3, -0.25) is 9.59 Å². The molecule has 26 heavy (non-hydrogen) atoms. The summed E-state index contributed by atoms with van der Waals surface area (Å²) in [5.41, 5.74) is 0. The Morgan fingerprint density at radius 3 is 2.54 bits per heavy atom. The molecule has 0 aliphatic heterocycles. The highest BCUT2D eigenvalue weighted by atomic mass is 16.4. The van der Waals surface area contributed by atoms with Crippen LogP contribution < -0.4 is 0 Å². The molecule has 0 fully saturated rings. The van der Waals surface area contributed by atoms with E-state index in [9.17, 15) is 14.7 Å². The number of aliphatic hydroxyl groups is 1. The number of ketones is 1. The van der Waals surface area contributed by atoms with Gasteiger partial charge in [0.2, 0.25) is 0 Å². The third-order valence-electron chi connectivity index (χ3n) is 5.11. The lowest BCUT2D eigenvalue weighted by Crippen LogP contribution is -2.29. The first kappa shape index (κ1) is 22.6. The van der Waals surface area contributed by atoms with E-state index in [1.165, 1.54) is 25.7 Å². The van der Waals surface area contributed by atoms with Crippen LogP contribution in [-0.4, -0.2) is 28.1 Å². The van der Waals surface area contributed by atoms with Gasteiger partial charge in [0.15, 0.2) is 5.78 Å². The van der Waals surface area contributed by atoms with E-state index in [1.807, 2.05) is 6.08 Å². The molecule has 0 aromatic carbocycles. The van der Waals surface area contributed by atoms with Gasteiger partial charge in [-0.1, -0.05) is 70.1 Å². The van der Waals surface area contributed by atoms with E-state index in [2.05, 4.69) is 19.1 Å². The van der Waals surface area contributed by atoms with E-state index < -0.39 is 12.1 Å². The van der Waals surface area contributed by atoms with Gasteiger partial charge in [0.25, 0.3) is 0 Å². The molecule has 0 saturated heterocycles. The van der Waals surface area contributed by atoms with Crippen molar-refractivity contribution in [2.75, 3.05) is 0 Å². The Balaban J connectivity index is 2.25. The molecule has 0 aromatic heterocycles. The molecule has 0 saturated carbocycles. The monoisotopic (exact) mass is 364 g/mol. The molecule has 0 aromatic rings. The van der Waals surface area contributed by atoms with Crippen LogP contribution in [0.2, 0.25) is 0 Å². The van der Waals surface area contributed by atoms with Crippen molar-refractivity contribution in [2.45, 2.75) is 90.1 Å². The summed E-state index contributed by atoms with van der Waals surface area (Å²) >= 11 is 0. The lowest BCUT2D eigenvalue weighted by molar-refractivity contribution is -0.137. The minimum absolute atomic E-state index is 0.0271. The molecule has 0 radical (unpaired) electrons. The van der Waals surface area contributed by atoms with Crippen LogP contribution in [0.5, 0.6) is 0 Å². The number of hydrogen-bond donors (Lipinski definition) is 2. The zero-order valence-corrected chi connectivity index (χ0v) is 16.2. The first-order chi connectivity index (χ1) is 12.6. The Kier molecular flexibility index (Phi) is 12.0. The van der Waals surface area contributed by atoms with Crippen LogP contribution in [0.15, 0.2) is 24.3 Å². The number of carbonyl (C=O) groups is 2. The van der Waals surface area contributed by atoms with Crippen LogP contribution in [0.1, 0.15) is 84.0 Å². The number of carbonyl (C=O) groups excluding carboxylic acids is 1. The molecule has 4 nitrogen and oxygen atoms in total. The van der Waals surface area contributed by atoms with E-state index in [1.54, 1.807) is 6.08 Å². The number of allylic oxidation sites excluding steroid dienone is 4. The van der Waals surface area contributed by atoms with Crippen LogP contribution in [0.4, 0.5) is 0 Å². The molecule has 0 amide bonds. The van der Waals surface area contributed by atoms with Crippen LogP contribution in [0.3, 0.4) is 0 Å². The first-order valence-corrected chi connectivity index (χ1v) is 10.3. The number of aliphatic carboxylic acids is 1. The minimum atomic E-state index is -0.739. The maximum absolute atomic E-state index is 12.1. The first-order valence-electron chi connectivity index (χ1n) is 10.3. The number of aliphatic hydroxyl groups excluding tert-OH is 1. The van der Waals surface area contributed by atoms with Gasteiger partial charge in [0.1, 0.15) is 0 Å². The standard InChI is InChI=1S/C22H36O4/c1-2-3-4-5-7-10-13-18-16-17-20(24)22(18)19(23)14-11-8-6-9-12-15-21(25)26/h10,13,16-19,22-23H,2-9,11-12,14-15H2,1H3,(H,25,26)/b13-10+. The summed E-state index contributed by atoms with van der Waals surface area (Å²) in [5.74, 6) is -0.995. The summed E-state index contributed by atoms with van der Waals surface area (Å²) in [6.07, 6.45) is 18.5. The lowest BCUT2D eigenvalue weighted by atomic mass is 9.86. The maximum Gasteiger partial charge on any atom is 0.303 e. The summed E-state index contributed by atoms with van der Waals surface area (Å²) in [4.78, 5) is 22.6. The summed E-state index contributed by atoms with van der Waals surface area (Å²) in [7, 11) is 0. The fourth-order valence-electron chi connectivity index (χ4n) is 3.54. The molecule has 4 heteroatoms. The number of carboxylic acid groups (broad SMARTS) is 1. The third-order valence-corrected chi connectivity index (χ3v) is 5.11. The molecule has 0 spiro atoms. The van der Waals surface area contributed by atoms with Gasteiger partial charge in [0, 0.05) is 12.3 Å². The molecule has 148 valence electrons. The molecular weight excluding hydrogens is 328 g/mol. The van der Waals surface area contributed by atoms with Crippen molar-refractivity contribution in [2.24, 2.45) is 11.8 Å². The second kappa shape index (κ2) is 13.7. The van der Waals surface area contributed by atoms with Crippen molar-refractivity contribution in [3.63, 3.8) is 0 Å². The molecule has 3 unspecified atom stereocenters. The van der Waals surface area contributed by atoms with Gasteiger partial charge in [-0.25, -0.2) is 0 Å². The molecule has 1 aliphatic rings. The maximum atomic E-state index is 12.1. The Morgan fingerprint density at radius 2 is 1.81 bits per heavy atom. The second-order valence-electron chi connectivity index (χ2n) is 7.41. The summed E-state index contributed by atoms with van der Waals surface area (Å²) < 4.78 is 0. The van der Waals surface area contributed by atoms with E-state index in [0.717, 1.165) is 32.1 Å². The van der Waals surface area contributed by atoms with E-state index in [4.69, 9.17) is 5.11 Å². The fourth-order valence-corrected chi connectivity index (χ4v) is 3.54. The van der Waals surface area contributed by atoms with Crippen molar-refractivity contribution in [3.8, 4) is 0 Å². The molecule has 1 aliphatic carbocycles. The quantitative estimate of drug-likeness (QED) is 0.314. The Bertz CT molecular complexity index is 467.